The lowest BCUT2D eigenvalue weighted by Gasteiger charge is -2.38. The average molecular weight is 388 g/mol. The first-order chi connectivity index (χ1) is 14.0. The molecule has 0 unspecified atom stereocenters. The molecule has 1 aliphatic rings. The van der Waals surface area contributed by atoms with Crippen LogP contribution in [0.2, 0.25) is 0 Å². The number of aliphatic hydroxyl groups is 1. The standard InChI is InChI=1S/C24H24N2O3/c27-23(22-9-5-4-8-21(22)20-10-14-26(29)15-11-20)25-16-12-24(28,13-17-25)18-19-6-2-1-3-7-19/h1-11,14-15,28H,12-13,16-18H2. The molecule has 0 spiro atoms. The van der Waals surface area contributed by atoms with Crippen LogP contribution in [0.15, 0.2) is 79.1 Å². The van der Waals surface area contributed by atoms with Crippen LogP contribution in [-0.2, 0) is 6.42 Å². The smallest absolute Gasteiger partial charge is 0.254 e. The van der Waals surface area contributed by atoms with E-state index in [1.165, 1.54) is 12.4 Å². The number of carbonyl (C=O) groups is 1. The van der Waals surface area contributed by atoms with Crippen LogP contribution in [0, 0.1) is 5.21 Å². The van der Waals surface area contributed by atoms with Crippen molar-refractivity contribution in [3.8, 4) is 11.1 Å². The second-order valence-corrected chi connectivity index (χ2v) is 7.67. The molecule has 1 aromatic heterocycles. The summed E-state index contributed by atoms with van der Waals surface area (Å²) in [6.07, 6.45) is 4.57. The van der Waals surface area contributed by atoms with Gasteiger partial charge in [0.1, 0.15) is 0 Å². The van der Waals surface area contributed by atoms with Crippen LogP contribution in [0.25, 0.3) is 11.1 Å². The molecule has 1 N–H and O–H groups in total. The molecule has 1 aliphatic heterocycles. The maximum absolute atomic E-state index is 13.2. The van der Waals surface area contributed by atoms with E-state index in [-0.39, 0.29) is 5.91 Å². The van der Waals surface area contributed by atoms with Gasteiger partial charge in [0.25, 0.3) is 5.91 Å². The largest absolute Gasteiger partial charge is 0.619 e. The highest BCUT2D eigenvalue weighted by atomic mass is 16.5. The molecule has 1 saturated heterocycles. The van der Waals surface area contributed by atoms with Gasteiger partial charge in [-0.15, -0.1) is 0 Å². The second kappa shape index (κ2) is 8.05. The molecule has 0 saturated carbocycles. The maximum Gasteiger partial charge on any atom is 0.254 e. The van der Waals surface area contributed by atoms with Crippen molar-refractivity contribution in [2.45, 2.75) is 24.9 Å². The molecule has 5 heteroatoms. The highest BCUT2D eigenvalue weighted by molar-refractivity contribution is 6.00. The summed E-state index contributed by atoms with van der Waals surface area (Å²) in [6.45, 7) is 1.04. The topological polar surface area (TPSA) is 67.5 Å². The summed E-state index contributed by atoms with van der Waals surface area (Å²) in [5.41, 5.74) is 2.59. The van der Waals surface area contributed by atoms with E-state index in [1.54, 1.807) is 12.1 Å². The fraction of sp³-hybridized carbons (Fsp3) is 0.250. The van der Waals surface area contributed by atoms with Crippen molar-refractivity contribution in [1.29, 1.82) is 0 Å². The Balaban J connectivity index is 1.48. The quantitative estimate of drug-likeness (QED) is 0.551. The summed E-state index contributed by atoms with van der Waals surface area (Å²) in [4.78, 5) is 15.0. The van der Waals surface area contributed by atoms with E-state index in [4.69, 9.17) is 0 Å². The molecule has 4 rings (SSSR count). The summed E-state index contributed by atoms with van der Waals surface area (Å²) >= 11 is 0. The van der Waals surface area contributed by atoms with Gasteiger partial charge in [0.05, 0.1) is 5.60 Å². The first-order valence-corrected chi connectivity index (χ1v) is 9.88. The molecule has 0 radical (unpaired) electrons. The molecule has 2 heterocycles. The molecule has 148 valence electrons. The lowest BCUT2D eigenvalue weighted by Crippen LogP contribution is -2.47. The molecule has 2 aromatic carbocycles. The van der Waals surface area contributed by atoms with E-state index in [0.717, 1.165) is 21.4 Å². The molecule has 3 aromatic rings. The fourth-order valence-electron chi connectivity index (χ4n) is 3.96. The summed E-state index contributed by atoms with van der Waals surface area (Å²) in [6, 6.07) is 20.9. The minimum absolute atomic E-state index is 0.0405. The monoisotopic (exact) mass is 388 g/mol. The third kappa shape index (κ3) is 4.30. The number of pyridine rings is 1. The van der Waals surface area contributed by atoms with Gasteiger partial charge in [-0.1, -0.05) is 48.5 Å². The number of nitrogens with zero attached hydrogens (tertiary/aromatic N) is 2. The van der Waals surface area contributed by atoms with Crippen molar-refractivity contribution in [3.63, 3.8) is 0 Å². The van der Waals surface area contributed by atoms with Crippen LogP contribution >= 0.6 is 0 Å². The summed E-state index contributed by atoms with van der Waals surface area (Å²) in [7, 11) is 0. The predicted molar refractivity (Wildman–Crippen MR) is 111 cm³/mol. The average Bonchev–Trinajstić information content (AvgIpc) is 2.75. The van der Waals surface area contributed by atoms with Gasteiger partial charge < -0.3 is 15.2 Å². The Labute approximate surface area is 170 Å². The fourth-order valence-corrected chi connectivity index (χ4v) is 3.96. The van der Waals surface area contributed by atoms with Crippen LogP contribution in [-0.4, -0.2) is 34.6 Å². The molecule has 5 nitrogen and oxygen atoms in total. The van der Waals surface area contributed by atoms with Crippen molar-refractivity contribution >= 4 is 5.91 Å². The maximum atomic E-state index is 13.2. The van der Waals surface area contributed by atoms with Crippen LogP contribution in [0.3, 0.4) is 0 Å². The third-order valence-electron chi connectivity index (χ3n) is 5.63. The summed E-state index contributed by atoms with van der Waals surface area (Å²) in [5.74, 6) is -0.0405. The van der Waals surface area contributed by atoms with Crippen LogP contribution in [0.1, 0.15) is 28.8 Å². The lowest BCUT2D eigenvalue weighted by atomic mass is 9.85. The van der Waals surface area contributed by atoms with Crippen LogP contribution in [0.5, 0.6) is 0 Å². The first-order valence-electron chi connectivity index (χ1n) is 9.88. The van der Waals surface area contributed by atoms with Gasteiger partial charge in [-0.3, -0.25) is 4.79 Å². The number of likely N-dealkylation sites (tertiary alicyclic amines) is 1. The normalized spacial score (nSPS) is 15.8. The van der Waals surface area contributed by atoms with Crippen molar-refractivity contribution in [3.05, 3.63) is 95.5 Å². The van der Waals surface area contributed by atoms with Gasteiger partial charge in [-0.05, 0) is 35.6 Å². The Morgan fingerprint density at radius 2 is 1.59 bits per heavy atom. The Morgan fingerprint density at radius 1 is 0.966 bits per heavy atom. The minimum Gasteiger partial charge on any atom is -0.619 e. The van der Waals surface area contributed by atoms with Gasteiger partial charge in [-0.25, -0.2) is 0 Å². The van der Waals surface area contributed by atoms with E-state index in [0.29, 0.717) is 37.9 Å². The van der Waals surface area contributed by atoms with Gasteiger partial charge >= 0.3 is 0 Å². The molecule has 1 amide bonds. The highest BCUT2D eigenvalue weighted by Gasteiger charge is 2.34. The van der Waals surface area contributed by atoms with Gasteiger partial charge in [-0.2, -0.15) is 4.73 Å². The summed E-state index contributed by atoms with van der Waals surface area (Å²) in [5, 5.41) is 22.3. The van der Waals surface area contributed by atoms with E-state index in [2.05, 4.69) is 0 Å². The van der Waals surface area contributed by atoms with Crippen LogP contribution < -0.4 is 4.73 Å². The third-order valence-corrected chi connectivity index (χ3v) is 5.63. The van der Waals surface area contributed by atoms with Gasteiger partial charge in [0, 0.05) is 37.2 Å². The number of rotatable bonds is 4. The minimum atomic E-state index is -0.779. The van der Waals surface area contributed by atoms with E-state index < -0.39 is 5.60 Å². The Morgan fingerprint density at radius 3 is 2.28 bits per heavy atom. The highest BCUT2D eigenvalue weighted by Crippen LogP contribution is 2.29. The van der Waals surface area contributed by atoms with Crippen molar-refractivity contribution in [1.82, 2.24) is 4.90 Å². The first kappa shape index (κ1) is 19.2. The van der Waals surface area contributed by atoms with Gasteiger partial charge in [0.15, 0.2) is 12.4 Å². The van der Waals surface area contributed by atoms with E-state index >= 15 is 0 Å². The zero-order valence-corrected chi connectivity index (χ0v) is 16.2. The number of hydrogen-bond acceptors (Lipinski definition) is 3. The molecule has 29 heavy (non-hydrogen) atoms. The zero-order chi connectivity index (χ0) is 20.3. The molecular weight excluding hydrogens is 364 g/mol. The Hall–Kier alpha value is -3.18. The SMILES string of the molecule is O=C(c1ccccc1-c1cc[n+]([O-])cc1)N1CCC(O)(Cc2ccccc2)CC1. The summed E-state index contributed by atoms with van der Waals surface area (Å²) < 4.78 is 0.728. The number of carbonyl (C=O) groups excluding carboxylic acids is 1. The number of aromatic nitrogens is 1. The Bertz CT molecular complexity index is 979. The Kier molecular flexibility index (Phi) is 5.32. The van der Waals surface area contributed by atoms with Gasteiger partial charge in [0.2, 0.25) is 0 Å². The predicted octanol–water partition coefficient (Wildman–Crippen LogP) is 3.20. The lowest BCUT2D eigenvalue weighted by molar-refractivity contribution is -0.605. The number of benzene rings is 2. The van der Waals surface area contributed by atoms with Crippen molar-refractivity contribution < 1.29 is 14.6 Å². The van der Waals surface area contributed by atoms with E-state index in [1.807, 2.05) is 59.5 Å². The molecular formula is C24H24N2O3. The van der Waals surface area contributed by atoms with Crippen molar-refractivity contribution in [2.75, 3.05) is 13.1 Å². The number of hydrogen-bond donors (Lipinski definition) is 1. The van der Waals surface area contributed by atoms with Crippen molar-refractivity contribution in [2.24, 2.45) is 0 Å². The van der Waals surface area contributed by atoms with Crippen LogP contribution in [0.4, 0.5) is 0 Å². The molecule has 0 atom stereocenters. The zero-order valence-electron chi connectivity index (χ0n) is 16.2. The number of piperidine rings is 1. The number of amides is 1. The molecule has 0 aliphatic carbocycles. The van der Waals surface area contributed by atoms with E-state index in [9.17, 15) is 15.1 Å². The molecule has 1 fully saturated rings. The second-order valence-electron chi connectivity index (χ2n) is 7.67. The molecule has 0 bridgehead atoms.